The number of hydrogen-bond acceptors (Lipinski definition) is 3. The SMILES string of the molecule is NC(=O)c1ccc2c(c1)c(Cl)cn2Cc1ccc(B(O)O)cc1. The van der Waals surface area contributed by atoms with Crippen molar-refractivity contribution in [3.8, 4) is 0 Å². The van der Waals surface area contributed by atoms with Gasteiger partial charge in [0.15, 0.2) is 0 Å². The Balaban J connectivity index is 1.95. The molecule has 0 aliphatic rings. The van der Waals surface area contributed by atoms with Crippen molar-refractivity contribution in [3.63, 3.8) is 0 Å². The van der Waals surface area contributed by atoms with E-state index >= 15 is 0 Å². The maximum Gasteiger partial charge on any atom is 0.488 e. The molecule has 1 aromatic heterocycles. The first-order valence-electron chi connectivity index (χ1n) is 6.99. The molecule has 3 rings (SSSR count). The lowest BCUT2D eigenvalue weighted by Gasteiger charge is -2.07. The number of fused-ring (bicyclic) bond motifs is 1. The number of benzene rings is 2. The molecule has 0 saturated carbocycles. The molecule has 1 heterocycles. The number of halogens is 1. The highest BCUT2D eigenvalue weighted by Gasteiger charge is 2.12. The summed E-state index contributed by atoms with van der Waals surface area (Å²) in [6.45, 7) is 0.570. The summed E-state index contributed by atoms with van der Waals surface area (Å²) in [6, 6.07) is 12.1. The molecule has 0 bridgehead atoms. The Morgan fingerprint density at radius 2 is 1.87 bits per heavy atom. The van der Waals surface area contributed by atoms with Crippen molar-refractivity contribution in [2.45, 2.75) is 6.54 Å². The van der Waals surface area contributed by atoms with Gasteiger partial charge in [0.05, 0.1) is 5.02 Å². The van der Waals surface area contributed by atoms with E-state index in [1.807, 2.05) is 22.8 Å². The largest absolute Gasteiger partial charge is 0.488 e. The maximum absolute atomic E-state index is 11.3. The van der Waals surface area contributed by atoms with Crippen LogP contribution in [0.2, 0.25) is 5.02 Å². The molecule has 0 aliphatic carbocycles. The number of carbonyl (C=O) groups is 1. The first kappa shape index (κ1) is 15.6. The number of nitrogens with zero attached hydrogens (tertiary/aromatic N) is 1. The molecule has 23 heavy (non-hydrogen) atoms. The third-order valence-electron chi connectivity index (χ3n) is 3.75. The van der Waals surface area contributed by atoms with Crippen molar-refractivity contribution in [3.05, 3.63) is 64.8 Å². The van der Waals surface area contributed by atoms with Gasteiger partial charge in [0.25, 0.3) is 0 Å². The van der Waals surface area contributed by atoms with Crippen molar-refractivity contribution in [1.29, 1.82) is 0 Å². The van der Waals surface area contributed by atoms with Gasteiger partial charge in [-0.25, -0.2) is 0 Å². The van der Waals surface area contributed by atoms with Crippen LogP contribution >= 0.6 is 11.6 Å². The Morgan fingerprint density at radius 3 is 2.48 bits per heavy atom. The summed E-state index contributed by atoms with van der Waals surface area (Å²) in [6.07, 6.45) is 1.80. The highest BCUT2D eigenvalue weighted by atomic mass is 35.5. The average molecular weight is 329 g/mol. The molecule has 116 valence electrons. The monoisotopic (exact) mass is 328 g/mol. The van der Waals surface area contributed by atoms with Gasteiger partial charge in [0.2, 0.25) is 5.91 Å². The maximum atomic E-state index is 11.3. The molecule has 0 fully saturated rings. The van der Waals surface area contributed by atoms with Crippen LogP contribution in [0.1, 0.15) is 15.9 Å². The van der Waals surface area contributed by atoms with Gasteiger partial charge >= 0.3 is 7.12 Å². The molecule has 3 aromatic rings. The fourth-order valence-corrected chi connectivity index (χ4v) is 2.80. The van der Waals surface area contributed by atoms with Crippen LogP contribution in [-0.4, -0.2) is 27.6 Å². The molecule has 1 amide bonds. The zero-order chi connectivity index (χ0) is 16.6. The van der Waals surface area contributed by atoms with Crippen LogP contribution in [0.3, 0.4) is 0 Å². The highest BCUT2D eigenvalue weighted by molar-refractivity contribution is 6.58. The second kappa shape index (κ2) is 6.08. The number of aromatic nitrogens is 1. The summed E-state index contributed by atoms with van der Waals surface area (Å²) in [4.78, 5) is 11.3. The minimum atomic E-state index is -1.47. The van der Waals surface area contributed by atoms with Gasteiger partial charge < -0.3 is 20.3 Å². The predicted octanol–water partition coefficient (Wildman–Crippen LogP) is 1.12. The molecule has 4 N–H and O–H groups in total. The van der Waals surface area contributed by atoms with Crippen molar-refractivity contribution in [2.24, 2.45) is 5.73 Å². The summed E-state index contributed by atoms with van der Waals surface area (Å²) in [7, 11) is -1.47. The molecule has 5 nitrogen and oxygen atoms in total. The van der Waals surface area contributed by atoms with Crippen molar-refractivity contribution in [2.75, 3.05) is 0 Å². The highest BCUT2D eigenvalue weighted by Crippen LogP contribution is 2.27. The van der Waals surface area contributed by atoms with Gasteiger partial charge in [-0.1, -0.05) is 35.9 Å². The predicted molar refractivity (Wildman–Crippen MR) is 90.8 cm³/mol. The topological polar surface area (TPSA) is 88.5 Å². The summed E-state index contributed by atoms with van der Waals surface area (Å²) in [5, 5.41) is 19.5. The molecule has 0 saturated heterocycles. The number of nitrogens with two attached hydrogens (primary N) is 1. The van der Waals surface area contributed by atoms with Gasteiger partial charge in [0, 0.05) is 29.2 Å². The standard InChI is InChI=1S/C16H14BClN2O3/c18-14-9-20(8-10-1-4-12(5-2-10)17(22)23)15-6-3-11(16(19)21)7-13(14)15/h1-7,9,22-23H,8H2,(H2,19,21). The first-order valence-corrected chi connectivity index (χ1v) is 7.36. The third kappa shape index (κ3) is 3.10. The summed E-state index contributed by atoms with van der Waals surface area (Å²) < 4.78 is 1.97. The first-order chi connectivity index (χ1) is 11.0. The number of amides is 1. The van der Waals surface area contributed by atoms with Gasteiger partial charge in [-0.3, -0.25) is 4.79 Å². The molecular weight excluding hydrogens is 314 g/mol. The van der Waals surface area contributed by atoms with Crippen LogP contribution in [0.4, 0.5) is 0 Å². The van der Waals surface area contributed by atoms with E-state index in [2.05, 4.69) is 0 Å². The Kier molecular flexibility index (Phi) is 4.13. The third-order valence-corrected chi connectivity index (χ3v) is 4.05. The van der Waals surface area contributed by atoms with E-state index in [-0.39, 0.29) is 0 Å². The Labute approximate surface area is 138 Å². The number of hydrogen-bond donors (Lipinski definition) is 3. The van der Waals surface area contributed by atoms with Crippen molar-refractivity contribution < 1.29 is 14.8 Å². The summed E-state index contributed by atoms with van der Waals surface area (Å²) >= 11 is 6.25. The molecule has 0 spiro atoms. The number of primary amides is 1. The second-order valence-electron chi connectivity index (χ2n) is 5.32. The summed E-state index contributed by atoms with van der Waals surface area (Å²) in [5.74, 6) is -0.492. The van der Waals surface area contributed by atoms with Crippen molar-refractivity contribution >= 4 is 41.0 Å². The van der Waals surface area contributed by atoms with E-state index < -0.39 is 13.0 Å². The molecule has 0 aliphatic heterocycles. The van der Waals surface area contributed by atoms with Gasteiger partial charge in [-0.15, -0.1) is 0 Å². The van der Waals surface area contributed by atoms with Crippen molar-refractivity contribution in [1.82, 2.24) is 4.57 Å². The normalized spacial score (nSPS) is 10.9. The lowest BCUT2D eigenvalue weighted by molar-refractivity contribution is 0.100. The van der Waals surface area contributed by atoms with E-state index in [1.54, 1.807) is 30.5 Å². The van der Waals surface area contributed by atoms with Gasteiger partial charge in [0.1, 0.15) is 0 Å². The Bertz CT molecular complexity index is 875. The fourth-order valence-electron chi connectivity index (χ4n) is 2.53. The number of rotatable bonds is 4. The summed E-state index contributed by atoms with van der Waals surface area (Å²) in [5.41, 5.74) is 8.03. The van der Waals surface area contributed by atoms with E-state index in [1.165, 1.54) is 0 Å². The van der Waals surface area contributed by atoms with Gasteiger partial charge in [-0.05, 0) is 29.2 Å². The lowest BCUT2D eigenvalue weighted by Crippen LogP contribution is -2.29. The molecular formula is C16H14BClN2O3. The molecule has 7 heteroatoms. The van der Waals surface area contributed by atoms with Crippen LogP contribution in [0.15, 0.2) is 48.7 Å². The minimum absolute atomic E-state index is 0.415. The minimum Gasteiger partial charge on any atom is -0.423 e. The smallest absolute Gasteiger partial charge is 0.423 e. The van der Waals surface area contributed by atoms with E-state index in [4.69, 9.17) is 27.4 Å². The van der Waals surface area contributed by atoms with Crippen LogP contribution in [0, 0.1) is 0 Å². The average Bonchev–Trinajstić information content (AvgIpc) is 2.83. The van der Waals surface area contributed by atoms with Crippen LogP contribution in [0.25, 0.3) is 10.9 Å². The zero-order valence-corrected chi connectivity index (χ0v) is 12.9. The lowest BCUT2D eigenvalue weighted by atomic mass is 9.80. The van der Waals surface area contributed by atoms with Crippen LogP contribution in [-0.2, 0) is 6.54 Å². The van der Waals surface area contributed by atoms with Gasteiger partial charge in [-0.2, -0.15) is 0 Å². The quantitative estimate of drug-likeness (QED) is 0.627. The van der Waals surface area contributed by atoms with E-state index in [0.29, 0.717) is 22.6 Å². The fraction of sp³-hybridized carbons (Fsp3) is 0.0625. The molecule has 0 unspecified atom stereocenters. The Hall–Kier alpha value is -2.28. The number of carbonyl (C=O) groups excluding carboxylic acids is 1. The Morgan fingerprint density at radius 1 is 1.17 bits per heavy atom. The second-order valence-corrected chi connectivity index (χ2v) is 5.72. The van der Waals surface area contributed by atoms with E-state index in [0.717, 1.165) is 16.5 Å². The van der Waals surface area contributed by atoms with Crippen LogP contribution < -0.4 is 11.2 Å². The van der Waals surface area contributed by atoms with E-state index in [9.17, 15) is 4.79 Å². The van der Waals surface area contributed by atoms with Crippen LogP contribution in [0.5, 0.6) is 0 Å². The molecule has 0 radical (unpaired) electrons. The molecule has 0 atom stereocenters. The zero-order valence-electron chi connectivity index (χ0n) is 12.1. The molecule has 2 aromatic carbocycles.